The summed E-state index contributed by atoms with van der Waals surface area (Å²) in [5.41, 5.74) is 0. The number of aliphatic hydroxyl groups is 2. The molecule has 1 aliphatic heterocycles. The van der Waals surface area contributed by atoms with Crippen LogP contribution in [0.2, 0.25) is 0 Å². The number of hydrogen-bond donors (Lipinski definition) is 4. The molecule has 1 saturated heterocycles. The Bertz CT molecular complexity index is 298. The summed E-state index contributed by atoms with van der Waals surface area (Å²) in [5, 5.41) is 28.9. The molecule has 2 atom stereocenters. The number of carboxylic acid groups (broad SMARTS) is 1. The van der Waals surface area contributed by atoms with Crippen LogP contribution in [0.5, 0.6) is 0 Å². The number of ether oxygens (including phenoxy) is 1. The quantitative estimate of drug-likeness (QED) is 0.465. The van der Waals surface area contributed by atoms with Gasteiger partial charge in [-0.1, -0.05) is 0 Å². The lowest BCUT2D eigenvalue weighted by Gasteiger charge is -2.32. The molecular formula is C10H18N2O6. The maximum atomic E-state index is 11.7. The molecule has 18 heavy (non-hydrogen) atoms. The van der Waals surface area contributed by atoms with E-state index in [1.807, 2.05) is 0 Å². The van der Waals surface area contributed by atoms with Crippen molar-refractivity contribution in [3.8, 4) is 0 Å². The van der Waals surface area contributed by atoms with Crippen molar-refractivity contribution >= 4 is 12.0 Å². The van der Waals surface area contributed by atoms with Gasteiger partial charge in [-0.15, -0.1) is 0 Å². The average Bonchev–Trinajstić information content (AvgIpc) is 2.38. The second-order valence-corrected chi connectivity index (χ2v) is 4.00. The summed E-state index contributed by atoms with van der Waals surface area (Å²) in [6.45, 7) is 0.999. The number of hydrogen-bond acceptors (Lipinski definition) is 5. The van der Waals surface area contributed by atoms with E-state index in [2.05, 4.69) is 5.32 Å². The van der Waals surface area contributed by atoms with Crippen LogP contribution < -0.4 is 5.32 Å². The summed E-state index contributed by atoms with van der Waals surface area (Å²) in [7, 11) is 0. The molecule has 0 bridgehead atoms. The fourth-order valence-electron chi connectivity index (χ4n) is 1.57. The van der Waals surface area contributed by atoms with Crippen molar-refractivity contribution in [3.63, 3.8) is 0 Å². The summed E-state index contributed by atoms with van der Waals surface area (Å²) in [4.78, 5) is 23.5. The first-order valence-corrected chi connectivity index (χ1v) is 5.70. The molecule has 1 heterocycles. The van der Waals surface area contributed by atoms with E-state index in [1.54, 1.807) is 0 Å². The van der Waals surface area contributed by atoms with E-state index in [0.29, 0.717) is 19.7 Å². The summed E-state index contributed by atoms with van der Waals surface area (Å²) < 4.78 is 5.19. The minimum absolute atomic E-state index is 0.0468. The number of aliphatic carboxylic acids is 1. The van der Waals surface area contributed by atoms with E-state index >= 15 is 0 Å². The Balaban J connectivity index is 2.26. The number of nitrogens with zero attached hydrogens (tertiary/aromatic N) is 1. The Morgan fingerprint density at radius 2 is 2.22 bits per heavy atom. The van der Waals surface area contributed by atoms with Gasteiger partial charge in [0, 0.05) is 19.5 Å². The molecule has 1 aliphatic rings. The molecule has 1 unspecified atom stereocenters. The van der Waals surface area contributed by atoms with Crippen LogP contribution in [-0.4, -0.2) is 77.3 Å². The lowest BCUT2D eigenvalue weighted by molar-refractivity contribution is -0.146. The molecule has 0 radical (unpaired) electrons. The predicted molar refractivity (Wildman–Crippen MR) is 60.1 cm³/mol. The first-order chi connectivity index (χ1) is 8.54. The van der Waals surface area contributed by atoms with Gasteiger partial charge in [0.2, 0.25) is 0 Å². The van der Waals surface area contributed by atoms with Crippen molar-refractivity contribution < 1.29 is 29.6 Å². The Hall–Kier alpha value is -1.38. The number of carboxylic acids is 1. The Morgan fingerprint density at radius 1 is 1.50 bits per heavy atom. The first kappa shape index (κ1) is 14.7. The molecule has 8 nitrogen and oxygen atoms in total. The van der Waals surface area contributed by atoms with Gasteiger partial charge in [-0.25, -0.2) is 9.59 Å². The van der Waals surface area contributed by atoms with Crippen LogP contribution in [0.25, 0.3) is 0 Å². The SMILES string of the molecule is O=C(O)[C@@H](O)CCNC(=O)N1CCOC(CO)C1. The van der Waals surface area contributed by atoms with Gasteiger partial charge in [0.05, 0.1) is 25.9 Å². The fourth-order valence-corrected chi connectivity index (χ4v) is 1.57. The van der Waals surface area contributed by atoms with Gasteiger partial charge in [0.1, 0.15) is 0 Å². The highest BCUT2D eigenvalue weighted by Crippen LogP contribution is 2.04. The normalized spacial score (nSPS) is 21.4. The van der Waals surface area contributed by atoms with Gasteiger partial charge in [0.25, 0.3) is 0 Å². The number of carbonyl (C=O) groups excluding carboxylic acids is 1. The van der Waals surface area contributed by atoms with E-state index in [4.69, 9.17) is 20.1 Å². The summed E-state index contributed by atoms with van der Waals surface area (Å²) >= 11 is 0. The number of urea groups is 1. The van der Waals surface area contributed by atoms with Gasteiger partial charge in [-0.05, 0) is 0 Å². The van der Waals surface area contributed by atoms with Gasteiger partial charge >= 0.3 is 12.0 Å². The molecule has 1 rings (SSSR count). The van der Waals surface area contributed by atoms with Crippen LogP contribution in [0, 0.1) is 0 Å². The van der Waals surface area contributed by atoms with Crippen LogP contribution in [-0.2, 0) is 9.53 Å². The minimum Gasteiger partial charge on any atom is -0.479 e. The summed E-state index contributed by atoms with van der Waals surface area (Å²) in [6.07, 6.45) is -1.90. The third-order valence-corrected chi connectivity index (χ3v) is 2.61. The lowest BCUT2D eigenvalue weighted by atomic mass is 10.2. The summed E-state index contributed by atoms with van der Waals surface area (Å²) in [5.74, 6) is -1.31. The summed E-state index contributed by atoms with van der Waals surface area (Å²) in [6, 6.07) is -0.352. The molecule has 0 aliphatic carbocycles. The van der Waals surface area contributed by atoms with Crippen LogP contribution >= 0.6 is 0 Å². The molecule has 0 aromatic heterocycles. The standard InChI is InChI=1S/C10H18N2O6/c13-6-7-5-12(3-4-18-7)10(17)11-2-1-8(14)9(15)16/h7-8,13-14H,1-6H2,(H,11,17)(H,15,16)/t7?,8-/m0/s1. The highest BCUT2D eigenvalue weighted by Gasteiger charge is 2.23. The van der Waals surface area contributed by atoms with Crippen molar-refractivity contribution in [2.45, 2.75) is 18.6 Å². The predicted octanol–water partition coefficient (Wildman–Crippen LogP) is -1.78. The highest BCUT2D eigenvalue weighted by molar-refractivity contribution is 5.74. The van der Waals surface area contributed by atoms with Gasteiger partial charge in [-0.3, -0.25) is 0 Å². The zero-order chi connectivity index (χ0) is 13.5. The molecular weight excluding hydrogens is 244 g/mol. The number of nitrogens with one attached hydrogen (secondary N) is 1. The Morgan fingerprint density at radius 3 is 2.83 bits per heavy atom. The third kappa shape index (κ3) is 4.47. The van der Waals surface area contributed by atoms with Crippen molar-refractivity contribution in [1.82, 2.24) is 10.2 Å². The maximum absolute atomic E-state index is 11.7. The monoisotopic (exact) mass is 262 g/mol. The zero-order valence-electron chi connectivity index (χ0n) is 9.91. The molecule has 1 fully saturated rings. The van der Waals surface area contributed by atoms with Crippen molar-refractivity contribution in [1.29, 1.82) is 0 Å². The second kappa shape index (κ2) is 7.14. The number of carbonyl (C=O) groups is 2. The second-order valence-electron chi connectivity index (χ2n) is 4.00. The number of morpholine rings is 1. The van der Waals surface area contributed by atoms with Crippen molar-refractivity contribution in [2.75, 3.05) is 32.8 Å². The van der Waals surface area contributed by atoms with Crippen molar-refractivity contribution in [2.24, 2.45) is 0 Å². The van der Waals surface area contributed by atoms with E-state index in [1.165, 1.54) is 4.90 Å². The largest absolute Gasteiger partial charge is 0.479 e. The van der Waals surface area contributed by atoms with Gasteiger partial charge < -0.3 is 30.3 Å². The highest BCUT2D eigenvalue weighted by atomic mass is 16.5. The number of rotatable bonds is 5. The topological polar surface area (TPSA) is 119 Å². The van der Waals surface area contributed by atoms with Crippen LogP contribution in [0.4, 0.5) is 4.79 Å². The van der Waals surface area contributed by atoms with E-state index in [9.17, 15) is 9.59 Å². The van der Waals surface area contributed by atoms with E-state index in [-0.39, 0.29) is 31.7 Å². The Kier molecular flexibility index (Phi) is 5.83. The van der Waals surface area contributed by atoms with Crippen LogP contribution in [0.3, 0.4) is 0 Å². The minimum atomic E-state index is -1.47. The van der Waals surface area contributed by atoms with Crippen LogP contribution in [0.1, 0.15) is 6.42 Å². The molecule has 4 N–H and O–H groups in total. The van der Waals surface area contributed by atoms with Gasteiger partial charge in [0.15, 0.2) is 6.10 Å². The van der Waals surface area contributed by atoms with Gasteiger partial charge in [-0.2, -0.15) is 0 Å². The van der Waals surface area contributed by atoms with E-state index in [0.717, 1.165) is 0 Å². The Labute approximate surface area is 104 Å². The molecule has 0 aromatic carbocycles. The molecule has 0 saturated carbocycles. The smallest absolute Gasteiger partial charge is 0.332 e. The van der Waals surface area contributed by atoms with Crippen molar-refractivity contribution in [3.05, 3.63) is 0 Å². The molecule has 0 spiro atoms. The fraction of sp³-hybridized carbons (Fsp3) is 0.800. The number of aliphatic hydroxyl groups excluding tert-OH is 2. The maximum Gasteiger partial charge on any atom is 0.332 e. The van der Waals surface area contributed by atoms with Crippen LogP contribution in [0.15, 0.2) is 0 Å². The molecule has 0 aromatic rings. The lowest BCUT2D eigenvalue weighted by Crippen LogP contribution is -2.50. The average molecular weight is 262 g/mol. The number of amides is 2. The third-order valence-electron chi connectivity index (χ3n) is 2.61. The molecule has 104 valence electrons. The first-order valence-electron chi connectivity index (χ1n) is 5.70. The molecule has 8 heteroatoms. The zero-order valence-corrected chi connectivity index (χ0v) is 9.91. The molecule has 2 amide bonds. The van der Waals surface area contributed by atoms with E-state index < -0.39 is 12.1 Å².